The number of anilines is 2. The molecule has 0 radical (unpaired) electrons. The number of likely N-dealkylation sites (tertiary alicyclic amines) is 1. The van der Waals surface area contributed by atoms with Gasteiger partial charge in [0.15, 0.2) is 0 Å². The number of fused-ring (bicyclic) bond motifs is 2. The third-order valence-electron chi connectivity index (χ3n) is 7.78. The molecule has 3 aromatic rings. The predicted octanol–water partition coefficient (Wildman–Crippen LogP) is 5.19. The number of aromatic nitrogens is 2. The first-order valence-corrected chi connectivity index (χ1v) is 17.1. The van der Waals surface area contributed by atoms with Gasteiger partial charge >= 0.3 is 5.51 Å². The summed E-state index contributed by atoms with van der Waals surface area (Å²) in [6.45, 7) is 7.00. The van der Waals surface area contributed by atoms with Crippen molar-refractivity contribution in [1.82, 2.24) is 14.5 Å². The number of hydrogen-bond donors (Lipinski definition) is 2. The van der Waals surface area contributed by atoms with Gasteiger partial charge in [-0.05, 0) is 80.1 Å². The molecule has 2 aliphatic rings. The van der Waals surface area contributed by atoms with Crippen molar-refractivity contribution in [2.45, 2.75) is 28.8 Å². The van der Waals surface area contributed by atoms with Crippen molar-refractivity contribution in [1.29, 1.82) is 0 Å². The molecule has 5 rings (SSSR count). The van der Waals surface area contributed by atoms with Crippen LogP contribution >= 0.6 is 18.9 Å². The van der Waals surface area contributed by atoms with Gasteiger partial charge in [0.25, 0.3) is 0 Å². The molecule has 1 saturated heterocycles. The number of alkyl halides is 3. The molecule has 226 valence electrons. The van der Waals surface area contributed by atoms with Crippen LogP contribution in [0.4, 0.5) is 24.7 Å². The van der Waals surface area contributed by atoms with Crippen LogP contribution in [0.1, 0.15) is 18.5 Å². The lowest BCUT2D eigenvalue weighted by Gasteiger charge is -2.32. The normalized spacial score (nSPS) is 20.5. The second kappa shape index (κ2) is 12.0. The van der Waals surface area contributed by atoms with E-state index < -0.39 is 12.7 Å². The van der Waals surface area contributed by atoms with Gasteiger partial charge < -0.3 is 29.6 Å². The zero-order valence-electron chi connectivity index (χ0n) is 24.0. The lowest BCUT2D eigenvalue weighted by Crippen LogP contribution is -2.42. The molecule has 1 aromatic carbocycles. The smallest absolute Gasteiger partial charge is 0.446 e. The van der Waals surface area contributed by atoms with Crippen LogP contribution in [0.25, 0.3) is 5.52 Å². The van der Waals surface area contributed by atoms with E-state index in [0.717, 1.165) is 32.5 Å². The van der Waals surface area contributed by atoms with Crippen LogP contribution in [-0.4, -0.2) is 85.9 Å². The Labute approximate surface area is 248 Å². The Morgan fingerprint density at radius 3 is 2.74 bits per heavy atom. The minimum absolute atomic E-state index is 0.0264. The van der Waals surface area contributed by atoms with E-state index in [9.17, 15) is 17.7 Å². The minimum atomic E-state index is -4.50. The molecule has 0 unspecified atom stereocenters. The zero-order valence-corrected chi connectivity index (χ0v) is 25.8. The molecule has 1 saturated carbocycles. The molecule has 0 spiro atoms. The van der Waals surface area contributed by atoms with Crippen molar-refractivity contribution in [2.24, 2.45) is 5.92 Å². The average molecular weight is 622 g/mol. The Morgan fingerprint density at radius 1 is 1.24 bits per heavy atom. The molecule has 2 aromatic heterocycles. The van der Waals surface area contributed by atoms with Crippen LogP contribution in [0, 0.1) is 17.8 Å². The molecule has 2 N–H and O–H groups in total. The van der Waals surface area contributed by atoms with Gasteiger partial charge in [-0.25, -0.2) is 4.52 Å². The Kier molecular flexibility index (Phi) is 8.77. The van der Waals surface area contributed by atoms with Gasteiger partial charge in [-0.15, -0.1) is 0 Å². The number of ether oxygens (including phenoxy) is 2. The van der Waals surface area contributed by atoms with Gasteiger partial charge in [-0.2, -0.15) is 18.3 Å². The Bertz CT molecular complexity index is 1560. The van der Waals surface area contributed by atoms with E-state index in [4.69, 9.17) is 9.47 Å². The summed E-state index contributed by atoms with van der Waals surface area (Å²) in [6.07, 6.45) is 1.95. The molecule has 1 aliphatic carbocycles. The number of thioether (sulfide) groups is 1. The maximum absolute atomic E-state index is 13.6. The molecule has 1 aliphatic heterocycles. The molecular formula is C29H35F3N5O3PS. The van der Waals surface area contributed by atoms with E-state index in [1.807, 2.05) is 6.07 Å². The van der Waals surface area contributed by atoms with Crippen LogP contribution in [0.2, 0.25) is 0 Å². The van der Waals surface area contributed by atoms with E-state index in [-0.39, 0.29) is 34.4 Å². The molecule has 0 amide bonds. The fourth-order valence-electron chi connectivity index (χ4n) is 5.45. The summed E-state index contributed by atoms with van der Waals surface area (Å²) in [5, 5.41) is 12.0. The summed E-state index contributed by atoms with van der Waals surface area (Å²) in [6, 6.07) is 10.5. The number of rotatable bonds is 10. The van der Waals surface area contributed by atoms with Crippen LogP contribution in [0.15, 0.2) is 41.3 Å². The highest BCUT2D eigenvalue weighted by Crippen LogP contribution is 2.52. The molecule has 2 fully saturated rings. The summed E-state index contributed by atoms with van der Waals surface area (Å²) >= 11 is -0.199. The molecule has 2 atom stereocenters. The van der Waals surface area contributed by atoms with Gasteiger partial charge in [0.1, 0.15) is 24.4 Å². The molecule has 8 nitrogen and oxygen atoms in total. The highest BCUT2D eigenvalue weighted by atomic mass is 32.2. The standard InChI is InChI=1S/C29H35F3N5O3PS/c1-39-16-15-36-14-12-28(18-20(28)19-36)34-26-9-5-8-24-27(42-29(30,31)32)23(35-37(24)26)7-6-13-33-22-11-10-21(41(3,4)38)17-25(22)40-2/h5,8-11,17,20,33-34H,12-16,18-19H2,1-4H3/t20-,28+/m0/s1. The molecule has 13 heteroatoms. The Morgan fingerprint density at radius 2 is 2.05 bits per heavy atom. The van der Waals surface area contributed by atoms with Crippen molar-refractivity contribution in [3.63, 3.8) is 0 Å². The van der Waals surface area contributed by atoms with E-state index in [1.54, 1.807) is 55.3 Å². The van der Waals surface area contributed by atoms with Crippen molar-refractivity contribution in [3.8, 4) is 17.6 Å². The number of halogens is 3. The first-order chi connectivity index (χ1) is 19.9. The van der Waals surface area contributed by atoms with Crippen LogP contribution in [0.3, 0.4) is 0 Å². The number of benzene rings is 1. The fourth-order valence-corrected chi connectivity index (χ4v) is 6.99. The Balaban J connectivity index is 1.36. The highest BCUT2D eigenvalue weighted by Gasteiger charge is 2.56. The summed E-state index contributed by atoms with van der Waals surface area (Å²) in [7, 11) is 0.753. The number of pyridine rings is 1. The van der Waals surface area contributed by atoms with Crippen LogP contribution in [-0.2, 0) is 9.30 Å². The fraction of sp³-hybridized carbons (Fsp3) is 0.483. The SMILES string of the molecule is COCCN1CC[C@@]2(Nc3cccc4c(SC(F)(F)F)c(C#CCNc5ccc(P(C)(C)=O)cc5OC)nn34)C[C@H]2C1. The summed E-state index contributed by atoms with van der Waals surface area (Å²) in [5.74, 6) is 7.39. The summed E-state index contributed by atoms with van der Waals surface area (Å²) in [4.78, 5) is 2.37. The van der Waals surface area contributed by atoms with Crippen molar-refractivity contribution < 1.29 is 27.2 Å². The van der Waals surface area contributed by atoms with Gasteiger partial charge in [-0.1, -0.05) is 12.0 Å². The maximum atomic E-state index is 13.6. The second-order valence-corrected chi connectivity index (χ2v) is 15.3. The topological polar surface area (TPSA) is 80.1 Å². The third-order valence-corrected chi connectivity index (χ3v) is 10.1. The zero-order chi connectivity index (χ0) is 30.1. The molecule has 0 bridgehead atoms. The first kappa shape index (κ1) is 30.6. The number of nitrogens with zero attached hydrogens (tertiary/aromatic N) is 3. The average Bonchev–Trinajstić information content (AvgIpc) is 3.54. The third kappa shape index (κ3) is 6.86. The lowest BCUT2D eigenvalue weighted by atomic mass is 10.0. The quantitative estimate of drug-likeness (QED) is 0.182. The van der Waals surface area contributed by atoms with Crippen LogP contribution in [0.5, 0.6) is 5.75 Å². The van der Waals surface area contributed by atoms with Gasteiger partial charge in [0.2, 0.25) is 0 Å². The van der Waals surface area contributed by atoms with Crippen molar-refractivity contribution >= 4 is 41.2 Å². The molecular weight excluding hydrogens is 586 g/mol. The summed E-state index contributed by atoms with van der Waals surface area (Å²) in [5.41, 5.74) is -3.51. The van der Waals surface area contributed by atoms with Gasteiger partial charge in [0.05, 0.1) is 36.4 Å². The summed E-state index contributed by atoms with van der Waals surface area (Å²) < 4.78 is 65.4. The van der Waals surface area contributed by atoms with E-state index in [0.29, 0.717) is 40.6 Å². The lowest BCUT2D eigenvalue weighted by molar-refractivity contribution is -0.0327. The maximum Gasteiger partial charge on any atom is 0.446 e. The largest absolute Gasteiger partial charge is 0.495 e. The van der Waals surface area contributed by atoms with E-state index in [1.165, 1.54) is 7.11 Å². The van der Waals surface area contributed by atoms with Crippen LogP contribution < -0.4 is 20.7 Å². The number of nitrogens with one attached hydrogen (secondary N) is 2. The van der Waals surface area contributed by atoms with Crippen molar-refractivity contribution in [3.05, 3.63) is 42.1 Å². The number of piperidine rings is 1. The minimum Gasteiger partial charge on any atom is -0.495 e. The van der Waals surface area contributed by atoms with Gasteiger partial charge in [-0.3, -0.25) is 0 Å². The van der Waals surface area contributed by atoms with Gasteiger partial charge in [0, 0.05) is 37.6 Å². The highest BCUT2D eigenvalue weighted by molar-refractivity contribution is 8.00. The monoisotopic (exact) mass is 621 g/mol. The number of hydrogen-bond acceptors (Lipinski definition) is 8. The predicted molar refractivity (Wildman–Crippen MR) is 162 cm³/mol. The molecule has 42 heavy (non-hydrogen) atoms. The van der Waals surface area contributed by atoms with E-state index in [2.05, 4.69) is 32.5 Å². The second-order valence-electron chi connectivity index (χ2n) is 11.0. The molecule has 3 heterocycles. The Hall–Kier alpha value is -2.84. The van der Waals surface area contributed by atoms with E-state index >= 15 is 0 Å². The first-order valence-electron chi connectivity index (χ1n) is 13.7. The number of methoxy groups -OCH3 is 2. The van der Waals surface area contributed by atoms with Crippen molar-refractivity contribution in [2.75, 3.05) is 71.0 Å².